The SMILES string of the molecule is C[C@@H](C(=O)O)n1c(=O)[nH]c2ccsc2c1=O. The van der Waals surface area contributed by atoms with Crippen molar-refractivity contribution >= 4 is 27.5 Å². The summed E-state index contributed by atoms with van der Waals surface area (Å²) in [5.41, 5.74) is -0.830. The molecule has 0 aliphatic heterocycles. The van der Waals surface area contributed by atoms with Crippen LogP contribution in [0.5, 0.6) is 0 Å². The lowest BCUT2D eigenvalue weighted by molar-refractivity contribution is -0.140. The van der Waals surface area contributed by atoms with Crippen molar-refractivity contribution in [3.05, 3.63) is 32.3 Å². The lowest BCUT2D eigenvalue weighted by Crippen LogP contribution is -2.39. The molecule has 6 nitrogen and oxygen atoms in total. The van der Waals surface area contributed by atoms with E-state index in [-0.39, 0.29) is 0 Å². The average molecular weight is 240 g/mol. The third-order valence-corrected chi connectivity index (χ3v) is 3.19. The van der Waals surface area contributed by atoms with Gasteiger partial charge in [-0.2, -0.15) is 0 Å². The number of hydrogen-bond acceptors (Lipinski definition) is 4. The van der Waals surface area contributed by atoms with Gasteiger partial charge in [0.25, 0.3) is 5.56 Å². The first-order chi connectivity index (χ1) is 7.52. The molecule has 2 heterocycles. The highest BCUT2D eigenvalue weighted by Gasteiger charge is 2.19. The molecule has 0 amide bonds. The van der Waals surface area contributed by atoms with Gasteiger partial charge in [-0.1, -0.05) is 0 Å². The Bertz CT molecular complexity index is 666. The van der Waals surface area contributed by atoms with E-state index >= 15 is 0 Å². The summed E-state index contributed by atoms with van der Waals surface area (Å²) in [4.78, 5) is 36.6. The van der Waals surface area contributed by atoms with Crippen LogP contribution >= 0.6 is 11.3 Å². The number of nitrogens with one attached hydrogen (secondary N) is 1. The molecule has 84 valence electrons. The number of aliphatic carboxylic acids is 1. The van der Waals surface area contributed by atoms with Gasteiger partial charge in [-0.15, -0.1) is 11.3 Å². The van der Waals surface area contributed by atoms with Gasteiger partial charge in [0.05, 0.1) is 5.52 Å². The molecule has 16 heavy (non-hydrogen) atoms. The van der Waals surface area contributed by atoms with Crippen LogP contribution in [0.4, 0.5) is 0 Å². The molecule has 7 heteroatoms. The van der Waals surface area contributed by atoms with E-state index in [2.05, 4.69) is 4.98 Å². The van der Waals surface area contributed by atoms with Crippen LogP contribution < -0.4 is 11.2 Å². The van der Waals surface area contributed by atoms with Gasteiger partial charge in [-0.3, -0.25) is 4.79 Å². The molecule has 2 aromatic rings. The summed E-state index contributed by atoms with van der Waals surface area (Å²) >= 11 is 1.17. The second-order valence-electron chi connectivity index (χ2n) is 3.28. The smallest absolute Gasteiger partial charge is 0.329 e. The summed E-state index contributed by atoms with van der Waals surface area (Å²) < 4.78 is 1.06. The molecule has 0 aromatic carbocycles. The number of H-pyrrole nitrogens is 1. The van der Waals surface area contributed by atoms with Crippen molar-refractivity contribution in [1.82, 2.24) is 9.55 Å². The molecule has 0 radical (unpaired) electrons. The van der Waals surface area contributed by atoms with Crippen LogP contribution in [-0.2, 0) is 4.79 Å². The first kappa shape index (κ1) is 10.6. The van der Waals surface area contributed by atoms with Gasteiger partial charge in [-0.05, 0) is 18.4 Å². The van der Waals surface area contributed by atoms with E-state index in [0.717, 1.165) is 0 Å². The maximum atomic E-state index is 11.8. The minimum absolute atomic E-state index is 0.354. The van der Waals surface area contributed by atoms with E-state index < -0.39 is 23.3 Å². The summed E-state index contributed by atoms with van der Waals surface area (Å²) in [6.45, 7) is 1.29. The molecule has 0 aliphatic rings. The number of fused-ring (bicyclic) bond motifs is 1. The molecular weight excluding hydrogens is 232 g/mol. The summed E-state index contributed by atoms with van der Waals surface area (Å²) in [6.07, 6.45) is 0. The van der Waals surface area contributed by atoms with E-state index in [1.54, 1.807) is 11.4 Å². The fourth-order valence-corrected chi connectivity index (χ4v) is 2.20. The van der Waals surface area contributed by atoms with Crippen LogP contribution in [0, 0.1) is 0 Å². The number of nitrogens with zero attached hydrogens (tertiary/aromatic N) is 1. The van der Waals surface area contributed by atoms with Gasteiger partial charge >= 0.3 is 11.7 Å². The Morgan fingerprint density at radius 2 is 2.25 bits per heavy atom. The molecular formula is C9H8N2O4S. The fourth-order valence-electron chi connectivity index (χ4n) is 1.41. The lowest BCUT2D eigenvalue weighted by atomic mass is 10.3. The zero-order valence-corrected chi connectivity index (χ0v) is 9.08. The van der Waals surface area contributed by atoms with E-state index in [9.17, 15) is 14.4 Å². The molecule has 0 aliphatic carbocycles. The molecule has 0 unspecified atom stereocenters. The predicted octanol–water partition coefficient (Wildman–Crippen LogP) is 0.397. The summed E-state index contributed by atoms with van der Waals surface area (Å²) in [7, 11) is 0. The topological polar surface area (TPSA) is 92.2 Å². The highest BCUT2D eigenvalue weighted by Crippen LogP contribution is 2.13. The summed E-state index contributed by atoms with van der Waals surface area (Å²) in [5.74, 6) is -1.22. The van der Waals surface area contributed by atoms with Crippen molar-refractivity contribution in [2.75, 3.05) is 0 Å². The van der Waals surface area contributed by atoms with Gasteiger partial charge in [0.2, 0.25) is 0 Å². The lowest BCUT2D eigenvalue weighted by Gasteiger charge is -2.08. The molecule has 2 N–H and O–H groups in total. The Balaban J connectivity index is 2.84. The van der Waals surface area contributed by atoms with Gasteiger partial charge in [0.15, 0.2) is 0 Å². The number of carboxylic acid groups (broad SMARTS) is 1. The highest BCUT2D eigenvalue weighted by atomic mass is 32.1. The Morgan fingerprint density at radius 1 is 1.56 bits per heavy atom. The summed E-state index contributed by atoms with van der Waals surface area (Å²) in [5, 5.41) is 10.5. The number of carboxylic acids is 1. The second-order valence-corrected chi connectivity index (χ2v) is 4.20. The van der Waals surface area contributed by atoms with Crippen molar-refractivity contribution in [1.29, 1.82) is 0 Å². The van der Waals surface area contributed by atoms with Gasteiger partial charge < -0.3 is 10.1 Å². The van der Waals surface area contributed by atoms with E-state index in [4.69, 9.17) is 5.11 Å². The molecule has 2 rings (SSSR count). The zero-order valence-electron chi connectivity index (χ0n) is 8.26. The van der Waals surface area contributed by atoms with Gasteiger partial charge in [-0.25, -0.2) is 14.2 Å². The van der Waals surface area contributed by atoms with Crippen molar-refractivity contribution < 1.29 is 9.90 Å². The van der Waals surface area contributed by atoms with E-state index in [1.165, 1.54) is 18.3 Å². The van der Waals surface area contributed by atoms with Crippen LogP contribution in [0.1, 0.15) is 13.0 Å². The Labute approximate surface area is 92.8 Å². The molecule has 0 saturated carbocycles. The number of aromatic nitrogens is 2. The van der Waals surface area contributed by atoms with Gasteiger partial charge in [0, 0.05) is 0 Å². The number of carbonyl (C=O) groups is 1. The first-order valence-corrected chi connectivity index (χ1v) is 5.35. The van der Waals surface area contributed by atoms with Crippen LogP contribution in [0.25, 0.3) is 10.2 Å². The van der Waals surface area contributed by atoms with Crippen LogP contribution in [0.15, 0.2) is 21.0 Å². The quantitative estimate of drug-likeness (QED) is 0.794. The number of thiophene rings is 1. The van der Waals surface area contributed by atoms with Crippen LogP contribution in [0.2, 0.25) is 0 Å². The Kier molecular flexibility index (Phi) is 2.39. The molecule has 0 bridgehead atoms. The third kappa shape index (κ3) is 1.45. The average Bonchev–Trinajstić information content (AvgIpc) is 2.65. The zero-order chi connectivity index (χ0) is 11.9. The standard InChI is InChI=1S/C9H8N2O4S/c1-4(8(13)14)11-7(12)6-5(2-3-16-6)10-9(11)15/h2-4H,1H3,(H,10,15)(H,13,14)/t4-/m0/s1. The fraction of sp³-hybridized carbons (Fsp3) is 0.222. The summed E-state index contributed by atoms with van der Waals surface area (Å²) in [6, 6.07) is 0.432. The number of hydrogen-bond donors (Lipinski definition) is 2. The number of aromatic amines is 1. The molecule has 0 fully saturated rings. The van der Waals surface area contributed by atoms with Crippen LogP contribution in [0.3, 0.4) is 0 Å². The normalized spacial score (nSPS) is 12.8. The maximum Gasteiger partial charge on any atom is 0.329 e. The van der Waals surface area contributed by atoms with Crippen LogP contribution in [-0.4, -0.2) is 20.6 Å². The second kappa shape index (κ2) is 3.60. The number of rotatable bonds is 2. The minimum atomic E-state index is -1.22. The Morgan fingerprint density at radius 3 is 2.88 bits per heavy atom. The highest BCUT2D eigenvalue weighted by molar-refractivity contribution is 7.17. The van der Waals surface area contributed by atoms with E-state index in [1.807, 2.05) is 0 Å². The molecule has 2 aromatic heterocycles. The molecule has 1 atom stereocenters. The van der Waals surface area contributed by atoms with Crippen molar-refractivity contribution in [2.24, 2.45) is 0 Å². The maximum absolute atomic E-state index is 11.8. The molecule has 0 saturated heterocycles. The molecule has 0 spiro atoms. The van der Waals surface area contributed by atoms with Crippen molar-refractivity contribution in [3.8, 4) is 0 Å². The monoisotopic (exact) mass is 240 g/mol. The largest absolute Gasteiger partial charge is 0.480 e. The predicted molar refractivity (Wildman–Crippen MR) is 59.1 cm³/mol. The Hall–Kier alpha value is -1.89. The first-order valence-electron chi connectivity index (χ1n) is 4.47. The van der Waals surface area contributed by atoms with Crippen molar-refractivity contribution in [3.63, 3.8) is 0 Å². The van der Waals surface area contributed by atoms with Crippen molar-refractivity contribution in [2.45, 2.75) is 13.0 Å². The minimum Gasteiger partial charge on any atom is -0.480 e. The third-order valence-electron chi connectivity index (χ3n) is 2.28. The van der Waals surface area contributed by atoms with E-state index in [0.29, 0.717) is 14.8 Å². The van der Waals surface area contributed by atoms with Gasteiger partial charge in [0.1, 0.15) is 10.7 Å².